The second-order valence-electron chi connectivity index (χ2n) is 4.52. The third kappa shape index (κ3) is 4.57. The highest BCUT2D eigenvalue weighted by Crippen LogP contribution is 2.22. The molecule has 0 fully saturated rings. The molecule has 0 aromatic carbocycles. The van der Waals surface area contributed by atoms with Crippen LogP contribution in [-0.4, -0.2) is 25.0 Å². The molecule has 0 amide bonds. The lowest BCUT2D eigenvalue weighted by Gasteiger charge is -2.31. The maximum Gasteiger partial charge on any atom is 0.334 e. The minimum absolute atomic E-state index is 0.420. The average Bonchev–Trinajstić information content (AvgIpc) is 1.97. The van der Waals surface area contributed by atoms with Crippen LogP contribution < -0.4 is 0 Å². The third-order valence-corrected chi connectivity index (χ3v) is 2.79. The molecule has 14 heavy (non-hydrogen) atoms. The van der Waals surface area contributed by atoms with Crippen LogP contribution in [-0.2, 0) is 9.22 Å². The lowest BCUT2D eigenvalue weighted by molar-refractivity contribution is -0.154. The predicted octanol–water partition coefficient (Wildman–Crippen LogP) is 2.65. The SMILES string of the molecule is C/C=C\CC(C)(O[Si](C)(C)C)C(=O)O. The molecule has 0 aliphatic heterocycles. The van der Waals surface area contributed by atoms with Crippen LogP contribution in [0.3, 0.4) is 0 Å². The number of carboxylic acid groups (broad SMARTS) is 1. The topological polar surface area (TPSA) is 46.5 Å². The van der Waals surface area contributed by atoms with E-state index in [1.165, 1.54) is 0 Å². The Morgan fingerprint density at radius 1 is 1.50 bits per heavy atom. The van der Waals surface area contributed by atoms with E-state index >= 15 is 0 Å². The number of rotatable bonds is 5. The van der Waals surface area contributed by atoms with E-state index in [-0.39, 0.29) is 0 Å². The van der Waals surface area contributed by atoms with Gasteiger partial charge in [-0.05, 0) is 33.5 Å². The van der Waals surface area contributed by atoms with Crippen LogP contribution in [0.1, 0.15) is 20.3 Å². The molecule has 0 aromatic rings. The van der Waals surface area contributed by atoms with Crippen molar-refractivity contribution in [3.05, 3.63) is 12.2 Å². The molecule has 0 aliphatic carbocycles. The van der Waals surface area contributed by atoms with E-state index in [0.717, 1.165) is 0 Å². The van der Waals surface area contributed by atoms with Crippen molar-refractivity contribution in [3.63, 3.8) is 0 Å². The fourth-order valence-electron chi connectivity index (χ4n) is 1.19. The number of carboxylic acids is 1. The minimum Gasteiger partial charge on any atom is -0.479 e. The fraction of sp³-hybridized carbons (Fsp3) is 0.700. The van der Waals surface area contributed by atoms with Crippen LogP contribution in [0.2, 0.25) is 19.6 Å². The van der Waals surface area contributed by atoms with E-state index in [1.807, 2.05) is 38.7 Å². The summed E-state index contributed by atoms with van der Waals surface area (Å²) in [6.45, 7) is 9.47. The Balaban J connectivity index is 4.64. The van der Waals surface area contributed by atoms with Crippen molar-refractivity contribution in [2.75, 3.05) is 0 Å². The zero-order chi connectivity index (χ0) is 11.4. The third-order valence-electron chi connectivity index (χ3n) is 1.73. The first kappa shape index (κ1) is 13.4. The van der Waals surface area contributed by atoms with Gasteiger partial charge in [-0.15, -0.1) is 0 Å². The predicted molar refractivity (Wildman–Crippen MR) is 59.9 cm³/mol. The van der Waals surface area contributed by atoms with Gasteiger partial charge in [-0.25, -0.2) is 4.79 Å². The fourth-order valence-corrected chi connectivity index (χ4v) is 2.71. The van der Waals surface area contributed by atoms with E-state index in [2.05, 4.69) is 0 Å². The first-order valence-electron chi connectivity index (χ1n) is 4.76. The van der Waals surface area contributed by atoms with Gasteiger partial charge >= 0.3 is 5.97 Å². The van der Waals surface area contributed by atoms with E-state index in [0.29, 0.717) is 6.42 Å². The lowest BCUT2D eigenvalue weighted by Crippen LogP contribution is -2.46. The zero-order valence-electron chi connectivity index (χ0n) is 9.63. The van der Waals surface area contributed by atoms with Crippen LogP contribution in [0.15, 0.2) is 12.2 Å². The van der Waals surface area contributed by atoms with Crippen molar-refractivity contribution in [1.29, 1.82) is 0 Å². The highest BCUT2D eigenvalue weighted by Gasteiger charge is 2.37. The van der Waals surface area contributed by atoms with Crippen LogP contribution in [0, 0.1) is 0 Å². The molecule has 4 heteroatoms. The highest BCUT2D eigenvalue weighted by atomic mass is 28.4. The summed E-state index contributed by atoms with van der Waals surface area (Å²) in [6.07, 6.45) is 4.09. The molecule has 0 spiro atoms. The molecule has 1 N–H and O–H groups in total. The largest absolute Gasteiger partial charge is 0.479 e. The Kier molecular flexibility index (Phi) is 4.54. The van der Waals surface area contributed by atoms with Gasteiger partial charge in [0.2, 0.25) is 0 Å². The Labute approximate surface area is 86.9 Å². The van der Waals surface area contributed by atoms with Crippen molar-refractivity contribution in [2.45, 2.75) is 45.5 Å². The highest BCUT2D eigenvalue weighted by molar-refractivity contribution is 6.70. The molecular formula is C10H20O3Si. The second kappa shape index (κ2) is 4.75. The van der Waals surface area contributed by atoms with Gasteiger partial charge in [0.15, 0.2) is 13.9 Å². The minimum atomic E-state index is -1.82. The molecule has 0 saturated carbocycles. The van der Waals surface area contributed by atoms with E-state index < -0.39 is 19.9 Å². The van der Waals surface area contributed by atoms with Crippen LogP contribution in [0.4, 0.5) is 0 Å². The molecule has 0 aromatic heterocycles. The average molecular weight is 216 g/mol. The molecule has 0 aliphatic rings. The summed E-state index contributed by atoms with van der Waals surface area (Å²) in [4.78, 5) is 11.1. The molecule has 0 heterocycles. The van der Waals surface area contributed by atoms with Gasteiger partial charge in [-0.2, -0.15) is 0 Å². The van der Waals surface area contributed by atoms with Gasteiger partial charge in [0.25, 0.3) is 0 Å². The summed E-state index contributed by atoms with van der Waals surface area (Å²) < 4.78 is 5.68. The zero-order valence-corrected chi connectivity index (χ0v) is 10.6. The first-order valence-corrected chi connectivity index (χ1v) is 8.17. The number of hydrogen-bond acceptors (Lipinski definition) is 2. The number of carbonyl (C=O) groups is 1. The summed E-state index contributed by atoms with van der Waals surface area (Å²) in [5, 5.41) is 9.09. The van der Waals surface area contributed by atoms with Crippen molar-refractivity contribution in [2.24, 2.45) is 0 Å². The number of hydrogen-bond donors (Lipinski definition) is 1. The summed E-state index contributed by atoms with van der Waals surface area (Å²) >= 11 is 0. The Morgan fingerprint density at radius 3 is 2.29 bits per heavy atom. The summed E-state index contributed by atoms with van der Waals surface area (Å²) in [7, 11) is -1.82. The van der Waals surface area contributed by atoms with Crippen molar-refractivity contribution >= 4 is 14.3 Å². The van der Waals surface area contributed by atoms with Crippen LogP contribution in [0.5, 0.6) is 0 Å². The van der Waals surface area contributed by atoms with Gasteiger partial charge in [0, 0.05) is 6.42 Å². The molecule has 0 saturated heterocycles. The van der Waals surface area contributed by atoms with Gasteiger partial charge in [-0.3, -0.25) is 0 Å². The Hall–Kier alpha value is -0.613. The molecule has 3 nitrogen and oxygen atoms in total. The van der Waals surface area contributed by atoms with Crippen LogP contribution >= 0.6 is 0 Å². The van der Waals surface area contributed by atoms with E-state index in [1.54, 1.807) is 6.92 Å². The summed E-state index contributed by atoms with van der Waals surface area (Å²) in [5.41, 5.74) is -1.07. The lowest BCUT2D eigenvalue weighted by atomic mass is 10.0. The molecule has 1 unspecified atom stereocenters. The number of aliphatic carboxylic acids is 1. The van der Waals surface area contributed by atoms with Crippen molar-refractivity contribution in [1.82, 2.24) is 0 Å². The Morgan fingerprint density at radius 2 is 2.00 bits per heavy atom. The number of allylic oxidation sites excluding steroid dienone is 1. The van der Waals surface area contributed by atoms with Gasteiger partial charge in [-0.1, -0.05) is 12.2 Å². The molecule has 0 rings (SSSR count). The van der Waals surface area contributed by atoms with Crippen molar-refractivity contribution in [3.8, 4) is 0 Å². The monoisotopic (exact) mass is 216 g/mol. The van der Waals surface area contributed by atoms with E-state index in [4.69, 9.17) is 9.53 Å². The van der Waals surface area contributed by atoms with Crippen molar-refractivity contribution < 1.29 is 14.3 Å². The normalized spacial score (nSPS) is 16.9. The summed E-state index contributed by atoms with van der Waals surface area (Å²) in [5.74, 6) is -0.891. The molecule has 0 bridgehead atoms. The molecule has 1 atom stereocenters. The standard InChI is InChI=1S/C10H20O3Si/c1-6-7-8-10(2,9(11)12)13-14(3,4)5/h6-7H,8H2,1-5H3,(H,11,12)/b7-6-. The smallest absolute Gasteiger partial charge is 0.334 e. The van der Waals surface area contributed by atoms with Gasteiger partial charge in [0.1, 0.15) is 0 Å². The molecule has 0 radical (unpaired) electrons. The van der Waals surface area contributed by atoms with Gasteiger partial charge < -0.3 is 9.53 Å². The molecular weight excluding hydrogens is 196 g/mol. The van der Waals surface area contributed by atoms with Gasteiger partial charge in [0.05, 0.1) is 0 Å². The summed E-state index contributed by atoms with van der Waals surface area (Å²) in [6, 6.07) is 0. The second-order valence-corrected chi connectivity index (χ2v) is 8.95. The van der Waals surface area contributed by atoms with E-state index in [9.17, 15) is 4.79 Å². The molecule has 82 valence electrons. The quantitative estimate of drug-likeness (QED) is 0.567. The maximum absolute atomic E-state index is 11.1. The first-order chi connectivity index (χ1) is 6.21. The van der Waals surface area contributed by atoms with Crippen LogP contribution in [0.25, 0.3) is 0 Å². The maximum atomic E-state index is 11.1. The Bertz CT molecular complexity index is 230.